The summed E-state index contributed by atoms with van der Waals surface area (Å²) < 4.78 is 5.52. The van der Waals surface area contributed by atoms with Gasteiger partial charge in [0.15, 0.2) is 0 Å². The molecule has 2 fully saturated rings. The van der Waals surface area contributed by atoms with Crippen LogP contribution in [0.2, 0.25) is 0 Å². The number of hydrogen-bond donors (Lipinski definition) is 2. The molecule has 1 saturated carbocycles. The van der Waals surface area contributed by atoms with Crippen LogP contribution in [0, 0.1) is 0 Å². The van der Waals surface area contributed by atoms with Gasteiger partial charge in [0.1, 0.15) is 12.1 Å². The molecule has 1 saturated heterocycles. The molecule has 0 aromatic carbocycles. The Morgan fingerprint density at radius 1 is 1.25 bits per heavy atom. The number of nitrogens with one attached hydrogen (secondary N) is 1. The highest BCUT2D eigenvalue weighted by Gasteiger charge is 2.35. The van der Waals surface area contributed by atoms with Crippen LogP contribution in [0.25, 0.3) is 0 Å². The third-order valence-electron chi connectivity index (χ3n) is 5.25. The molecule has 1 aliphatic carbocycles. The molecule has 8 heteroatoms. The average molecular weight is 378 g/mol. The molecular weight excluding hydrogens is 349 g/mol. The maximum absolute atomic E-state index is 5.87. The lowest BCUT2D eigenvalue weighted by Gasteiger charge is -2.43. The van der Waals surface area contributed by atoms with E-state index in [-0.39, 0.29) is 30.4 Å². The van der Waals surface area contributed by atoms with Gasteiger partial charge in [0.2, 0.25) is 0 Å². The van der Waals surface area contributed by atoms with Gasteiger partial charge in [0.05, 0.1) is 0 Å². The Bertz CT molecular complexity index is 505. The fraction of sp³-hybridized carbons (Fsp3) is 0.750. The van der Waals surface area contributed by atoms with E-state index in [4.69, 9.17) is 10.5 Å². The number of anilines is 1. The first-order chi connectivity index (χ1) is 10.6. The SMILES string of the molecule is CN(C)C1(CNc2cc(C3CC(N)C3)ncn2)CCOCC1.Cl.Cl. The summed E-state index contributed by atoms with van der Waals surface area (Å²) in [7, 11) is 4.29. The molecule has 1 aliphatic heterocycles. The van der Waals surface area contributed by atoms with Gasteiger partial charge in [-0.1, -0.05) is 0 Å². The summed E-state index contributed by atoms with van der Waals surface area (Å²) in [5.74, 6) is 1.42. The Hall–Kier alpha value is -0.660. The van der Waals surface area contributed by atoms with Crippen molar-refractivity contribution >= 4 is 30.6 Å². The van der Waals surface area contributed by atoms with E-state index in [2.05, 4.69) is 40.3 Å². The van der Waals surface area contributed by atoms with Crippen molar-refractivity contribution in [3.8, 4) is 0 Å². The molecule has 1 aromatic heterocycles. The Morgan fingerprint density at radius 3 is 2.50 bits per heavy atom. The minimum atomic E-state index is 0. The van der Waals surface area contributed by atoms with Crippen LogP contribution in [0.3, 0.4) is 0 Å². The van der Waals surface area contributed by atoms with Crippen LogP contribution in [0.15, 0.2) is 12.4 Å². The standard InChI is InChI=1S/C16H27N5O.2ClH/c1-21(2)16(3-5-22-6-4-16)10-18-15-9-14(19-11-20-15)12-7-13(17)8-12;;/h9,11-13H,3-8,10,17H2,1-2H3,(H,18,19,20);2*1H. The average Bonchev–Trinajstić information content (AvgIpc) is 2.51. The van der Waals surface area contributed by atoms with E-state index < -0.39 is 0 Å². The first-order valence-electron chi connectivity index (χ1n) is 8.16. The number of nitrogens with zero attached hydrogens (tertiary/aromatic N) is 3. The van der Waals surface area contributed by atoms with E-state index in [9.17, 15) is 0 Å². The zero-order chi connectivity index (χ0) is 15.6. The van der Waals surface area contributed by atoms with Crippen molar-refractivity contribution in [3.63, 3.8) is 0 Å². The summed E-state index contributed by atoms with van der Waals surface area (Å²) in [6.45, 7) is 2.54. The quantitative estimate of drug-likeness (QED) is 0.817. The van der Waals surface area contributed by atoms with Crippen molar-refractivity contribution in [3.05, 3.63) is 18.1 Å². The van der Waals surface area contributed by atoms with E-state index in [1.165, 1.54) is 0 Å². The fourth-order valence-corrected chi connectivity index (χ4v) is 3.38. The molecule has 0 bridgehead atoms. The summed E-state index contributed by atoms with van der Waals surface area (Å²) in [5.41, 5.74) is 7.13. The van der Waals surface area contributed by atoms with Crippen molar-refractivity contribution in [1.82, 2.24) is 14.9 Å². The maximum atomic E-state index is 5.87. The van der Waals surface area contributed by atoms with Gasteiger partial charge >= 0.3 is 0 Å². The van der Waals surface area contributed by atoms with Crippen LogP contribution in [0.5, 0.6) is 0 Å². The highest BCUT2D eigenvalue weighted by Crippen LogP contribution is 2.35. The van der Waals surface area contributed by atoms with Gasteiger partial charge in [-0.25, -0.2) is 9.97 Å². The monoisotopic (exact) mass is 377 g/mol. The number of rotatable bonds is 5. The summed E-state index contributed by atoms with van der Waals surface area (Å²) in [6, 6.07) is 2.43. The normalized spacial score (nSPS) is 25.2. The number of aromatic nitrogens is 2. The van der Waals surface area contributed by atoms with Gasteiger partial charge < -0.3 is 20.7 Å². The first kappa shape index (κ1) is 21.4. The van der Waals surface area contributed by atoms with Gasteiger partial charge in [-0.05, 0) is 39.8 Å². The van der Waals surface area contributed by atoms with E-state index in [0.29, 0.717) is 12.0 Å². The maximum Gasteiger partial charge on any atom is 0.129 e. The highest BCUT2D eigenvalue weighted by atomic mass is 35.5. The van der Waals surface area contributed by atoms with Gasteiger partial charge in [0, 0.05) is 49.0 Å². The van der Waals surface area contributed by atoms with Crippen LogP contribution in [0.1, 0.15) is 37.3 Å². The molecule has 0 amide bonds. The van der Waals surface area contributed by atoms with E-state index in [1.54, 1.807) is 6.33 Å². The summed E-state index contributed by atoms with van der Waals surface area (Å²) in [4.78, 5) is 11.1. The zero-order valence-electron chi connectivity index (χ0n) is 14.4. The molecule has 138 valence electrons. The van der Waals surface area contributed by atoms with Crippen LogP contribution >= 0.6 is 24.8 Å². The van der Waals surface area contributed by atoms with Gasteiger partial charge in [-0.2, -0.15) is 0 Å². The van der Waals surface area contributed by atoms with Crippen molar-refractivity contribution < 1.29 is 4.74 Å². The second-order valence-corrected chi connectivity index (χ2v) is 6.84. The topological polar surface area (TPSA) is 76.3 Å². The van der Waals surface area contributed by atoms with Crippen molar-refractivity contribution in [1.29, 1.82) is 0 Å². The number of ether oxygens (including phenoxy) is 1. The number of halogens is 2. The Labute approximate surface area is 156 Å². The van der Waals surface area contributed by atoms with Crippen LogP contribution < -0.4 is 11.1 Å². The predicted octanol–water partition coefficient (Wildman–Crippen LogP) is 2.05. The van der Waals surface area contributed by atoms with Crippen LogP contribution in [-0.2, 0) is 4.74 Å². The summed E-state index contributed by atoms with van der Waals surface area (Å²) in [6.07, 6.45) is 5.82. The molecule has 24 heavy (non-hydrogen) atoms. The molecule has 0 radical (unpaired) electrons. The lowest BCUT2D eigenvalue weighted by atomic mass is 9.78. The summed E-state index contributed by atoms with van der Waals surface area (Å²) in [5, 5.41) is 3.51. The van der Waals surface area contributed by atoms with Gasteiger partial charge in [0.25, 0.3) is 0 Å². The van der Waals surface area contributed by atoms with E-state index >= 15 is 0 Å². The molecule has 0 spiro atoms. The Morgan fingerprint density at radius 2 is 1.92 bits per heavy atom. The van der Waals surface area contributed by atoms with Crippen molar-refractivity contribution in [2.45, 2.75) is 43.2 Å². The van der Waals surface area contributed by atoms with E-state index in [1.807, 2.05) is 0 Å². The fourth-order valence-electron chi connectivity index (χ4n) is 3.38. The minimum absolute atomic E-state index is 0. The number of likely N-dealkylation sites (N-methyl/N-ethyl adjacent to an activating group) is 1. The summed E-state index contributed by atoms with van der Waals surface area (Å²) >= 11 is 0. The van der Waals surface area contributed by atoms with E-state index in [0.717, 1.165) is 57.0 Å². The molecule has 2 aliphatic rings. The minimum Gasteiger partial charge on any atom is -0.381 e. The van der Waals surface area contributed by atoms with Crippen LogP contribution in [0.4, 0.5) is 5.82 Å². The molecule has 2 heterocycles. The molecule has 0 atom stereocenters. The molecule has 6 nitrogen and oxygen atoms in total. The van der Waals surface area contributed by atoms with Crippen molar-refractivity contribution in [2.75, 3.05) is 39.2 Å². The smallest absolute Gasteiger partial charge is 0.129 e. The molecule has 3 rings (SSSR count). The Kier molecular flexibility index (Phi) is 8.15. The molecule has 1 aromatic rings. The zero-order valence-corrected chi connectivity index (χ0v) is 16.0. The second kappa shape index (κ2) is 9.15. The lowest BCUT2D eigenvalue weighted by molar-refractivity contribution is -0.000666. The predicted molar refractivity (Wildman–Crippen MR) is 101 cm³/mol. The first-order valence-corrected chi connectivity index (χ1v) is 8.16. The molecule has 3 N–H and O–H groups in total. The molecule has 0 unspecified atom stereocenters. The second-order valence-electron chi connectivity index (χ2n) is 6.84. The lowest BCUT2D eigenvalue weighted by Crippen LogP contribution is -2.53. The number of nitrogens with two attached hydrogens (primary N) is 1. The third kappa shape index (κ3) is 4.70. The van der Waals surface area contributed by atoms with Gasteiger partial charge in [-0.3, -0.25) is 0 Å². The van der Waals surface area contributed by atoms with Gasteiger partial charge in [-0.15, -0.1) is 24.8 Å². The number of hydrogen-bond acceptors (Lipinski definition) is 6. The molecular formula is C16H29Cl2N5O. The third-order valence-corrected chi connectivity index (χ3v) is 5.25. The Balaban J connectivity index is 0.00000144. The largest absolute Gasteiger partial charge is 0.381 e. The highest BCUT2D eigenvalue weighted by molar-refractivity contribution is 5.85. The van der Waals surface area contributed by atoms with Crippen LogP contribution in [-0.4, -0.2) is 60.3 Å². The van der Waals surface area contributed by atoms with Crippen molar-refractivity contribution in [2.24, 2.45) is 5.73 Å².